The van der Waals surface area contributed by atoms with Crippen LogP contribution in [-0.2, 0) is 0 Å². The van der Waals surface area contributed by atoms with E-state index < -0.39 is 0 Å². The highest BCUT2D eigenvalue weighted by Gasteiger charge is 2.10. The lowest BCUT2D eigenvalue weighted by molar-refractivity contribution is 1.64. The Morgan fingerprint density at radius 3 is 1.00 bits per heavy atom. The number of nitrogen functional groups attached to an aromatic ring is 2. The zero-order valence-corrected chi connectivity index (χ0v) is 17.7. The quantitative estimate of drug-likeness (QED) is 0.182. The van der Waals surface area contributed by atoms with E-state index in [0.717, 1.165) is 22.5 Å². The predicted octanol–water partition coefficient (Wildman–Crippen LogP) is 7.50. The molecule has 2 heteroatoms. The Balaban J connectivity index is 1.70. The van der Waals surface area contributed by atoms with Crippen molar-refractivity contribution in [1.82, 2.24) is 0 Å². The third-order valence-electron chi connectivity index (χ3n) is 5.77. The maximum Gasteiger partial charge on any atom is 0.0314 e. The maximum atomic E-state index is 5.84. The molecule has 154 valence electrons. The van der Waals surface area contributed by atoms with E-state index in [0.29, 0.717) is 0 Å². The first kappa shape index (κ1) is 19.7. The van der Waals surface area contributed by atoms with Gasteiger partial charge in [0.25, 0.3) is 0 Å². The molecular formula is C30H24N2. The number of anilines is 2. The van der Waals surface area contributed by atoms with Crippen LogP contribution in [0.2, 0.25) is 0 Å². The Labute approximate surface area is 188 Å². The highest BCUT2D eigenvalue weighted by Crippen LogP contribution is 2.35. The van der Waals surface area contributed by atoms with Crippen LogP contribution < -0.4 is 11.5 Å². The van der Waals surface area contributed by atoms with E-state index in [2.05, 4.69) is 72.8 Å². The summed E-state index contributed by atoms with van der Waals surface area (Å²) in [6.45, 7) is 0. The van der Waals surface area contributed by atoms with Crippen LogP contribution in [0, 0.1) is 0 Å². The Kier molecular flexibility index (Phi) is 5.19. The van der Waals surface area contributed by atoms with Gasteiger partial charge in [0.1, 0.15) is 0 Å². The van der Waals surface area contributed by atoms with Gasteiger partial charge < -0.3 is 11.5 Å². The molecule has 0 saturated heterocycles. The van der Waals surface area contributed by atoms with Crippen molar-refractivity contribution < 1.29 is 0 Å². The smallest absolute Gasteiger partial charge is 0.0314 e. The van der Waals surface area contributed by atoms with Gasteiger partial charge in [-0.1, -0.05) is 97.1 Å². The van der Waals surface area contributed by atoms with Crippen molar-refractivity contribution in [3.05, 3.63) is 119 Å². The van der Waals surface area contributed by atoms with Crippen molar-refractivity contribution in [3.8, 4) is 0 Å². The van der Waals surface area contributed by atoms with Crippen LogP contribution in [0.3, 0.4) is 0 Å². The number of benzene rings is 5. The second-order valence-electron chi connectivity index (χ2n) is 7.92. The van der Waals surface area contributed by atoms with Crippen LogP contribution in [-0.4, -0.2) is 0 Å². The third kappa shape index (κ3) is 3.86. The summed E-state index contributed by atoms with van der Waals surface area (Å²) in [6.07, 6.45) is 8.72. The Morgan fingerprint density at radius 2 is 0.688 bits per heavy atom. The number of rotatable bonds is 4. The van der Waals surface area contributed by atoms with Gasteiger partial charge in [0.05, 0.1) is 0 Å². The second kappa shape index (κ2) is 8.44. The van der Waals surface area contributed by atoms with E-state index in [1.165, 1.54) is 32.7 Å². The van der Waals surface area contributed by atoms with Gasteiger partial charge in [0.2, 0.25) is 0 Å². The summed E-state index contributed by atoms with van der Waals surface area (Å²) in [5.74, 6) is 0. The Hall–Kier alpha value is -4.30. The lowest BCUT2D eigenvalue weighted by Crippen LogP contribution is -1.89. The molecule has 0 atom stereocenters. The number of fused-ring (bicyclic) bond motifs is 2. The van der Waals surface area contributed by atoms with Crippen LogP contribution >= 0.6 is 0 Å². The van der Waals surface area contributed by atoms with Gasteiger partial charge in [0, 0.05) is 11.4 Å². The number of hydrogen-bond donors (Lipinski definition) is 2. The molecule has 32 heavy (non-hydrogen) atoms. The third-order valence-corrected chi connectivity index (χ3v) is 5.77. The van der Waals surface area contributed by atoms with E-state index in [-0.39, 0.29) is 0 Å². The van der Waals surface area contributed by atoms with Gasteiger partial charge in [-0.3, -0.25) is 0 Å². The average Bonchev–Trinajstić information content (AvgIpc) is 2.83. The van der Waals surface area contributed by atoms with Crippen molar-refractivity contribution in [2.45, 2.75) is 0 Å². The van der Waals surface area contributed by atoms with Crippen LogP contribution in [0.25, 0.3) is 45.8 Å². The topological polar surface area (TPSA) is 52.0 Å². The molecular weight excluding hydrogens is 388 g/mol. The van der Waals surface area contributed by atoms with Crippen molar-refractivity contribution in [1.29, 1.82) is 0 Å². The lowest BCUT2D eigenvalue weighted by Gasteiger charge is -2.13. The van der Waals surface area contributed by atoms with Gasteiger partial charge in [-0.05, 0) is 68.1 Å². The van der Waals surface area contributed by atoms with Gasteiger partial charge in [-0.15, -0.1) is 0 Å². The first-order valence-electron chi connectivity index (χ1n) is 10.7. The fourth-order valence-electron chi connectivity index (χ4n) is 4.13. The minimum Gasteiger partial charge on any atom is -0.399 e. The molecule has 5 rings (SSSR count). The molecule has 0 spiro atoms. The molecule has 5 aromatic carbocycles. The van der Waals surface area contributed by atoms with E-state index >= 15 is 0 Å². The van der Waals surface area contributed by atoms with Gasteiger partial charge in [0.15, 0.2) is 0 Å². The molecule has 0 saturated carbocycles. The van der Waals surface area contributed by atoms with Gasteiger partial charge in [-0.2, -0.15) is 0 Å². The van der Waals surface area contributed by atoms with Crippen LogP contribution in [0.4, 0.5) is 11.4 Å². The molecule has 0 fully saturated rings. The highest BCUT2D eigenvalue weighted by atomic mass is 14.5. The van der Waals surface area contributed by atoms with Crippen LogP contribution in [0.5, 0.6) is 0 Å². The summed E-state index contributed by atoms with van der Waals surface area (Å²) < 4.78 is 0. The average molecular weight is 413 g/mol. The first-order chi connectivity index (χ1) is 15.7. The molecule has 0 aliphatic rings. The lowest BCUT2D eigenvalue weighted by atomic mass is 9.91. The van der Waals surface area contributed by atoms with Crippen molar-refractivity contribution in [3.63, 3.8) is 0 Å². The van der Waals surface area contributed by atoms with Crippen LogP contribution in [0.1, 0.15) is 22.3 Å². The normalized spacial score (nSPS) is 11.8. The summed E-state index contributed by atoms with van der Waals surface area (Å²) in [5, 5.41) is 4.93. The van der Waals surface area contributed by atoms with Gasteiger partial charge >= 0.3 is 0 Å². The number of nitrogens with two attached hydrogens (primary N) is 2. The molecule has 0 heterocycles. The molecule has 0 aliphatic heterocycles. The van der Waals surface area contributed by atoms with E-state index in [9.17, 15) is 0 Å². The Bertz CT molecular complexity index is 1290. The van der Waals surface area contributed by atoms with E-state index in [1.54, 1.807) is 0 Å². The fraction of sp³-hybridized carbons (Fsp3) is 0. The first-order valence-corrected chi connectivity index (χ1v) is 10.7. The molecule has 0 unspecified atom stereocenters. The van der Waals surface area contributed by atoms with Crippen molar-refractivity contribution >= 4 is 57.2 Å². The SMILES string of the molecule is Nc1ccc(/C=C/c2c3ccccc3c(/C=C/c3ccc(N)cc3)c3ccccc23)cc1. The standard InChI is InChI=1S/C30H24N2/c31-23-15-9-21(10-16-23)13-19-29-25-5-1-2-6-26(25)30(28-8-4-3-7-27(28)29)20-14-22-11-17-24(32)18-12-22/h1-20H,31-32H2/b19-13+,20-14+. The molecule has 0 radical (unpaired) electrons. The van der Waals surface area contributed by atoms with Crippen LogP contribution in [0.15, 0.2) is 97.1 Å². The molecule has 4 N–H and O–H groups in total. The highest BCUT2D eigenvalue weighted by molar-refractivity contribution is 6.14. The largest absolute Gasteiger partial charge is 0.399 e. The zero-order valence-electron chi connectivity index (χ0n) is 17.7. The molecule has 5 aromatic rings. The summed E-state index contributed by atoms with van der Waals surface area (Å²) >= 11 is 0. The second-order valence-corrected chi connectivity index (χ2v) is 7.92. The van der Waals surface area contributed by atoms with Crippen molar-refractivity contribution in [2.24, 2.45) is 0 Å². The summed E-state index contributed by atoms with van der Waals surface area (Å²) in [5.41, 5.74) is 17.9. The fourth-order valence-corrected chi connectivity index (χ4v) is 4.13. The van der Waals surface area contributed by atoms with E-state index in [1.807, 2.05) is 48.5 Å². The molecule has 0 bridgehead atoms. The molecule has 0 aliphatic carbocycles. The summed E-state index contributed by atoms with van der Waals surface area (Å²) in [7, 11) is 0. The van der Waals surface area contributed by atoms with E-state index in [4.69, 9.17) is 11.5 Å². The molecule has 2 nitrogen and oxygen atoms in total. The van der Waals surface area contributed by atoms with Gasteiger partial charge in [-0.25, -0.2) is 0 Å². The summed E-state index contributed by atoms with van der Waals surface area (Å²) in [6, 6.07) is 33.1. The minimum absolute atomic E-state index is 0.773. The Morgan fingerprint density at radius 1 is 0.375 bits per heavy atom. The minimum atomic E-state index is 0.773. The summed E-state index contributed by atoms with van der Waals surface area (Å²) in [4.78, 5) is 0. The molecule has 0 aromatic heterocycles. The van der Waals surface area contributed by atoms with Crippen molar-refractivity contribution in [2.75, 3.05) is 11.5 Å². The predicted molar refractivity (Wildman–Crippen MR) is 141 cm³/mol. The monoisotopic (exact) mass is 412 g/mol. The zero-order chi connectivity index (χ0) is 21.9. The number of hydrogen-bond acceptors (Lipinski definition) is 2. The maximum absolute atomic E-state index is 5.84. The molecule has 0 amide bonds.